The standard InChI is InChI=1S/C35H52N2O7Si/c1-32(2,3)43-30(38)36-26(28-29(42-35(10,11)41-28)27-22-37(27)31(39)44-33(4,5)6)23-40-45(34(7,8)9,24-18-14-12-15-19-24)25-20-16-13-17-21-25/h12-21,26-29H,22-23H2,1-11H3,(H,36,38)/t26-,27+,28+,29+,37?/m0/s1. The van der Waals surface area contributed by atoms with Crippen LogP contribution >= 0.6 is 0 Å². The van der Waals surface area contributed by atoms with Crippen LogP contribution in [0.15, 0.2) is 60.7 Å². The zero-order valence-electron chi connectivity index (χ0n) is 28.8. The van der Waals surface area contributed by atoms with Crippen LogP contribution in [-0.4, -0.2) is 79.8 Å². The average Bonchev–Trinajstić information content (AvgIpc) is 3.63. The molecular weight excluding hydrogens is 588 g/mol. The van der Waals surface area contributed by atoms with Crippen LogP contribution in [-0.2, 0) is 23.4 Å². The molecule has 4 rings (SSSR count). The maximum Gasteiger partial charge on any atom is 0.410 e. The predicted molar refractivity (Wildman–Crippen MR) is 177 cm³/mol. The van der Waals surface area contributed by atoms with E-state index < -0.39 is 55.7 Å². The summed E-state index contributed by atoms with van der Waals surface area (Å²) in [5, 5.41) is 5.04. The number of alkyl carbamates (subject to hydrolysis) is 1. The van der Waals surface area contributed by atoms with Crippen LogP contribution in [0.4, 0.5) is 9.59 Å². The Kier molecular flexibility index (Phi) is 9.86. The van der Waals surface area contributed by atoms with Crippen molar-refractivity contribution < 1.29 is 33.0 Å². The van der Waals surface area contributed by atoms with E-state index in [9.17, 15) is 9.59 Å². The normalized spacial score (nSPS) is 22.5. The van der Waals surface area contributed by atoms with Crippen molar-refractivity contribution in [3.63, 3.8) is 0 Å². The first-order valence-corrected chi connectivity index (χ1v) is 17.7. The molecule has 45 heavy (non-hydrogen) atoms. The van der Waals surface area contributed by atoms with Crippen LogP contribution in [0, 0.1) is 0 Å². The van der Waals surface area contributed by atoms with Crippen molar-refractivity contribution in [1.29, 1.82) is 0 Å². The molecular formula is C35H52N2O7Si. The third-order valence-corrected chi connectivity index (χ3v) is 12.8. The molecule has 2 aliphatic heterocycles. The summed E-state index contributed by atoms with van der Waals surface area (Å²) < 4.78 is 31.5. The van der Waals surface area contributed by atoms with Crippen molar-refractivity contribution in [2.24, 2.45) is 0 Å². The van der Waals surface area contributed by atoms with E-state index in [-0.39, 0.29) is 17.7 Å². The highest BCUT2D eigenvalue weighted by atomic mass is 28.4. The van der Waals surface area contributed by atoms with Gasteiger partial charge >= 0.3 is 12.2 Å². The largest absolute Gasteiger partial charge is 0.444 e. The maximum absolute atomic E-state index is 13.3. The number of carbonyl (C=O) groups excluding carboxylic acids is 2. The Morgan fingerprint density at radius 3 is 1.84 bits per heavy atom. The molecule has 0 unspecified atom stereocenters. The van der Waals surface area contributed by atoms with Gasteiger partial charge in [0, 0.05) is 6.54 Å². The second-order valence-corrected chi connectivity index (χ2v) is 19.8. The molecule has 10 heteroatoms. The van der Waals surface area contributed by atoms with Gasteiger partial charge in [0.05, 0.1) is 18.7 Å². The summed E-state index contributed by atoms with van der Waals surface area (Å²) in [4.78, 5) is 27.9. The number of benzene rings is 2. The molecule has 0 aromatic heterocycles. The molecule has 2 aromatic carbocycles. The van der Waals surface area contributed by atoms with Gasteiger partial charge in [-0.3, -0.25) is 4.90 Å². The molecule has 0 saturated carbocycles. The fraction of sp³-hybridized carbons (Fsp3) is 0.600. The lowest BCUT2D eigenvalue weighted by Crippen LogP contribution is -2.68. The van der Waals surface area contributed by atoms with Crippen molar-refractivity contribution in [1.82, 2.24) is 10.2 Å². The van der Waals surface area contributed by atoms with E-state index in [2.05, 4.69) is 50.4 Å². The molecule has 9 nitrogen and oxygen atoms in total. The highest BCUT2D eigenvalue weighted by molar-refractivity contribution is 6.99. The van der Waals surface area contributed by atoms with Gasteiger partial charge in [-0.05, 0) is 70.8 Å². The van der Waals surface area contributed by atoms with Gasteiger partial charge < -0.3 is 28.7 Å². The molecule has 0 radical (unpaired) electrons. The molecule has 248 valence electrons. The second kappa shape index (κ2) is 12.7. The Hall–Kier alpha value is -2.92. The number of nitrogens with zero attached hydrogens (tertiary/aromatic N) is 1. The zero-order valence-corrected chi connectivity index (χ0v) is 29.8. The molecule has 0 bridgehead atoms. The second-order valence-electron chi connectivity index (χ2n) is 15.5. The Labute approximate surface area is 270 Å². The summed E-state index contributed by atoms with van der Waals surface area (Å²) in [5.41, 5.74) is -1.33. The Morgan fingerprint density at radius 1 is 0.867 bits per heavy atom. The van der Waals surface area contributed by atoms with E-state index >= 15 is 0 Å². The summed E-state index contributed by atoms with van der Waals surface area (Å²) in [6.45, 7) is 21.9. The quantitative estimate of drug-likeness (QED) is 0.297. The van der Waals surface area contributed by atoms with E-state index in [4.69, 9.17) is 23.4 Å². The van der Waals surface area contributed by atoms with E-state index in [0.717, 1.165) is 10.4 Å². The molecule has 2 fully saturated rings. The smallest absolute Gasteiger partial charge is 0.410 e. The first-order chi connectivity index (χ1) is 20.7. The third-order valence-electron chi connectivity index (χ3n) is 7.82. The molecule has 0 aliphatic carbocycles. The molecule has 2 saturated heterocycles. The molecule has 2 aliphatic rings. The fourth-order valence-corrected chi connectivity index (χ4v) is 10.6. The van der Waals surface area contributed by atoms with Crippen molar-refractivity contribution in [2.75, 3.05) is 13.2 Å². The minimum atomic E-state index is -2.96. The first kappa shape index (κ1) is 34.9. The number of amides is 2. The van der Waals surface area contributed by atoms with E-state index in [1.54, 1.807) is 4.90 Å². The van der Waals surface area contributed by atoms with E-state index in [1.165, 1.54) is 0 Å². The minimum absolute atomic E-state index is 0.131. The van der Waals surface area contributed by atoms with Crippen LogP contribution in [0.25, 0.3) is 0 Å². The first-order valence-electron chi connectivity index (χ1n) is 15.8. The van der Waals surface area contributed by atoms with Crippen LogP contribution in [0.2, 0.25) is 5.04 Å². The number of carbonyl (C=O) groups is 2. The van der Waals surface area contributed by atoms with Gasteiger partial charge in [0.2, 0.25) is 0 Å². The van der Waals surface area contributed by atoms with E-state index in [0.29, 0.717) is 6.54 Å². The van der Waals surface area contributed by atoms with Crippen molar-refractivity contribution in [2.45, 2.75) is 122 Å². The lowest BCUT2D eigenvalue weighted by molar-refractivity contribution is -0.149. The lowest BCUT2D eigenvalue weighted by Gasteiger charge is -2.44. The number of nitrogens with one attached hydrogen (secondary N) is 1. The summed E-state index contributed by atoms with van der Waals surface area (Å²) in [6, 6.07) is 19.7. The van der Waals surface area contributed by atoms with Gasteiger partial charge in [-0.1, -0.05) is 81.4 Å². The number of ether oxygens (including phenoxy) is 4. The molecule has 0 spiro atoms. The van der Waals surface area contributed by atoms with Crippen molar-refractivity contribution in [3.05, 3.63) is 60.7 Å². The monoisotopic (exact) mass is 640 g/mol. The number of rotatable bonds is 8. The van der Waals surface area contributed by atoms with Crippen molar-refractivity contribution >= 4 is 30.9 Å². The third kappa shape index (κ3) is 8.47. The zero-order chi connectivity index (χ0) is 33.4. The summed E-state index contributed by atoms with van der Waals surface area (Å²) in [7, 11) is -2.96. The Morgan fingerprint density at radius 2 is 1.38 bits per heavy atom. The van der Waals surface area contributed by atoms with Crippen LogP contribution in [0.5, 0.6) is 0 Å². The van der Waals surface area contributed by atoms with Gasteiger partial charge in [-0.25, -0.2) is 9.59 Å². The van der Waals surface area contributed by atoms with Crippen molar-refractivity contribution in [3.8, 4) is 0 Å². The van der Waals surface area contributed by atoms with Crippen LogP contribution in [0.1, 0.15) is 76.2 Å². The molecule has 1 N–H and O–H groups in total. The van der Waals surface area contributed by atoms with Gasteiger partial charge in [-0.15, -0.1) is 0 Å². The summed E-state index contributed by atoms with van der Waals surface area (Å²) >= 11 is 0. The van der Waals surface area contributed by atoms with Gasteiger partial charge in [0.15, 0.2) is 5.79 Å². The topological polar surface area (TPSA) is 95.3 Å². The van der Waals surface area contributed by atoms with Gasteiger partial charge in [0.25, 0.3) is 8.32 Å². The molecule has 4 atom stereocenters. The molecule has 2 amide bonds. The fourth-order valence-electron chi connectivity index (χ4n) is 6.05. The van der Waals surface area contributed by atoms with Crippen LogP contribution in [0.3, 0.4) is 0 Å². The van der Waals surface area contributed by atoms with E-state index in [1.807, 2.05) is 91.8 Å². The summed E-state index contributed by atoms with van der Waals surface area (Å²) in [6.07, 6.45) is -2.15. The lowest BCUT2D eigenvalue weighted by atomic mass is 10.0. The SMILES string of the molecule is CC(C)(C)OC(=O)N[C@@H](CO[Si](c1ccccc1)(c1ccccc1)C(C)(C)C)[C@H]1OC(C)(C)O[C@@H]1[C@H]1CN1C(=O)OC(C)(C)C. The maximum atomic E-state index is 13.3. The average molecular weight is 641 g/mol. The molecule has 2 heterocycles. The van der Waals surface area contributed by atoms with Gasteiger partial charge in [0.1, 0.15) is 23.4 Å². The molecule has 2 aromatic rings. The minimum Gasteiger partial charge on any atom is -0.444 e. The highest BCUT2D eigenvalue weighted by Gasteiger charge is 2.58. The highest BCUT2D eigenvalue weighted by Crippen LogP contribution is 2.40. The van der Waals surface area contributed by atoms with Gasteiger partial charge in [-0.2, -0.15) is 0 Å². The summed E-state index contributed by atoms with van der Waals surface area (Å²) in [5.74, 6) is -0.956. The predicted octanol–water partition coefficient (Wildman–Crippen LogP) is 5.60. The Bertz CT molecular complexity index is 1280. The number of hydrogen-bond donors (Lipinski definition) is 1. The Balaban J connectivity index is 1.72. The number of hydrogen-bond acceptors (Lipinski definition) is 7. The van der Waals surface area contributed by atoms with Crippen LogP contribution < -0.4 is 15.7 Å².